The average Bonchev–Trinajstić information content (AvgIpc) is 2.53. The van der Waals surface area contributed by atoms with Gasteiger partial charge in [0.2, 0.25) is 0 Å². The zero-order valence-electron chi connectivity index (χ0n) is 11.2. The number of rotatable bonds is 4. The van der Waals surface area contributed by atoms with Crippen LogP contribution in [0.2, 0.25) is 0 Å². The van der Waals surface area contributed by atoms with Gasteiger partial charge in [-0.2, -0.15) is 0 Å². The molecule has 1 N–H and O–H groups in total. The van der Waals surface area contributed by atoms with E-state index in [0.717, 1.165) is 17.4 Å². The summed E-state index contributed by atoms with van der Waals surface area (Å²) in [7, 11) is 0. The Balaban J connectivity index is 1.83. The van der Waals surface area contributed by atoms with Crippen molar-refractivity contribution in [3.63, 3.8) is 0 Å². The van der Waals surface area contributed by atoms with Crippen molar-refractivity contribution in [2.24, 2.45) is 0 Å². The largest absolute Gasteiger partial charge is 0.366 e. The summed E-state index contributed by atoms with van der Waals surface area (Å²) in [6.45, 7) is 0.756. The van der Waals surface area contributed by atoms with Gasteiger partial charge in [-0.3, -0.25) is 0 Å². The summed E-state index contributed by atoms with van der Waals surface area (Å²) in [5.41, 5.74) is 1.27. The second-order valence-electron chi connectivity index (χ2n) is 4.44. The van der Waals surface area contributed by atoms with E-state index >= 15 is 0 Å². The van der Waals surface area contributed by atoms with Crippen LogP contribution < -0.4 is 5.32 Å². The van der Waals surface area contributed by atoms with Crippen LogP contribution >= 0.6 is 11.8 Å². The lowest BCUT2D eigenvalue weighted by atomic mass is 10.0. The summed E-state index contributed by atoms with van der Waals surface area (Å²) in [5, 5.41) is 6.88. The fourth-order valence-electron chi connectivity index (χ4n) is 2.18. The highest BCUT2D eigenvalue weighted by molar-refractivity contribution is 7.98. The van der Waals surface area contributed by atoms with Crippen molar-refractivity contribution in [1.82, 2.24) is 9.97 Å². The molecule has 0 aliphatic heterocycles. The van der Waals surface area contributed by atoms with E-state index in [0.29, 0.717) is 0 Å². The summed E-state index contributed by atoms with van der Waals surface area (Å²) < 4.78 is 0. The van der Waals surface area contributed by atoms with Gasteiger partial charge in [-0.25, -0.2) is 9.97 Å². The molecule has 0 spiro atoms. The lowest BCUT2D eigenvalue weighted by molar-refractivity contribution is 1.02. The molecule has 3 rings (SSSR count). The summed E-state index contributed by atoms with van der Waals surface area (Å²) in [6, 6.07) is 16.8. The predicted octanol–water partition coefficient (Wildman–Crippen LogP) is 3.96. The molecule has 0 saturated heterocycles. The first kappa shape index (κ1) is 12.9. The minimum absolute atomic E-state index is 0.756. The number of anilines is 1. The number of aromatic nitrogens is 2. The molecule has 0 saturated carbocycles. The molecule has 0 atom stereocenters. The van der Waals surface area contributed by atoms with Gasteiger partial charge in [-0.1, -0.05) is 42.5 Å². The minimum atomic E-state index is 0.756. The van der Waals surface area contributed by atoms with Gasteiger partial charge in [0.05, 0.1) is 0 Å². The molecule has 0 aliphatic rings. The molecule has 100 valence electrons. The van der Waals surface area contributed by atoms with Gasteiger partial charge < -0.3 is 5.32 Å². The van der Waals surface area contributed by atoms with Crippen LogP contribution in [0.1, 0.15) is 5.56 Å². The van der Waals surface area contributed by atoms with Gasteiger partial charge in [0, 0.05) is 12.6 Å². The molecule has 0 bridgehead atoms. The molecule has 1 aromatic heterocycles. The Bertz CT molecular complexity index is 722. The maximum absolute atomic E-state index is 4.25. The predicted molar refractivity (Wildman–Crippen MR) is 85.1 cm³/mol. The average molecular weight is 281 g/mol. The number of hydrogen-bond acceptors (Lipinski definition) is 4. The normalized spacial score (nSPS) is 10.7. The number of nitrogens with one attached hydrogen (secondary N) is 1. The highest BCUT2D eigenvalue weighted by Crippen LogP contribution is 2.20. The van der Waals surface area contributed by atoms with Crippen LogP contribution in [-0.2, 0) is 6.54 Å². The zero-order valence-corrected chi connectivity index (χ0v) is 12.0. The standard InChI is InChI=1S/C16H15N3S/c1-20-16-9-15(18-11-19-16)17-10-13-7-4-6-12-5-2-3-8-14(12)13/h2-9,11H,10H2,1H3,(H,17,18,19). The van der Waals surface area contributed by atoms with Crippen molar-refractivity contribution in [2.45, 2.75) is 11.6 Å². The number of fused-ring (bicyclic) bond motifs is 1. The van der Waals surface area contributed by atoms with Crippen LogP contribution in [0, 0.1) is 0 Å². The fourth-order valence-corrected chi connectivity index (χ4v) is 2.56. The first-order chi connectivity index (χ1) is 9.86. The summed E-state index contributed by atoms with van der Waals surface area (Å²) in [6.07, 6.45) is 3.61. The van der Waals surface area contributed by atoms with Crippen LogP contribution in [0.15, 0.2) is 59.9 Å². The Morgan fingerprint density at radius 1 is 1.05 bits per heavy atom. The molecule has 4 heteroatoms. The summed E-state index contributed by atoms with van der Waals surface area (Å²) in [5.74, 6) is 0.859. The molecule has 3 aromatic rings. The topological polar surface area (TPSA) is 37.8 Å². The molecule has 0 unspecified atom stereocenters. The van der Waals surface area contributed by atoms with E-state index in [1.54, 1.807) is 18.1 Å². The van der Waals surface area contributed by atoms with Gasteiger partial charge in [0.25, 0.3) is 0 Å². The lowest BCUT2D eigenvalue weighted by Crippen LogP contribution is -2.02. The van der Waals surface area contributed by atoms with E-state index in [4.69, 9.17) is 0 Å². The van der Waals surface area contributed by atoms with Crippen LogP contribution in [-0.4, -0.2) is 16.2 Å². The van der Waals surface area contributed by atoms with Crippen LogP contribution in [0.25, 0.3) is 10.8 Å². The molecule has 0 aliphatic carbocycles. The van der Waals surface area contributed by atoms with Gasteiger partial charge >= 0.3 is 0 Å². The van der Waals surface area contributed by atoms with E-state index in [1.165, 1.54) is 16.3 Å². The minimum Gasteiger partial charge on any atom is -0.366 e. The van der Waals surface area contributed by atoms with Gasteiger partial charge in [0.15, 0.2) is 0 Å². The maximum atomic E-state index is 4.25. The fraction of sp³-hybridized carbons (Fsp3) is 0.125. The van der Waals surface area contributed by atoms with Crippen molar-refractivity contribution in [1.29, 1.82) is 0 Å². The van der Waals surface area contributed by atoms with Crippen molar-refractivity contribution >= 4 is 28.4 Å². The Kier molecular flexibility index (Phi) is 3.83. The number of benzene rings is 2. The SMILES string of the molecule is CSc1cc(NCc2cccc3ccccc23)ncn1. The number of nitrogens with zero attached hydrogens (tertiary/aromatic N) is 2. The Morgan fingerprint density at radius 2 is 1.90 bits per heavy atom. The molecule has 2 aromatic carbocycles. The van der Waals surface area contributed by atoms with Crippen molar-refractivity contribution < 1.29 is 0 Å². The second-order valence-corrected chi connectivity index (χ2v) is 5.26. The first-order valence-corrected chi connectivity index (χ1v) is 7.66. The van der Waals surface area contributed by atoms with E-state index < -0.39 is 0 Å². The van der Waals surface area contributed by atoms with E-state index in [-0.39, 0.29) is 0 Å². The molecule has 0 radical (unpaired) electrons. The molecular formula is C16H15N3S. The maximum Gasteiger partial charge on any atom is 0.130 e. The third-order valence-electron chi connectivity index (χ3n) is 3.19. The molecule has 1 heterocycles. The molecular weight excluding hydrogens is 266 g/mol. The van der Waals surface area contributed by atoms with Crippen molar-refractivity contribution in [2.75, 3.05) is 11.6 Å². The molecule has 0 fully saturated rings. The van der Waals surface area contributed by atoms with Crippen LogP contribution in [0.4, 0.5) is 5.82 Å². The quantitative estimate of drug-likeness (QED) is 0.580. The summed E-state index contributed by atoms with van der Waals surface area (Å²) >= 11 is 1.62. The van der Waals surface area contributed by atoms with Crippen molar-refractivity contribution in [3.05, 3.63) is 60.4 Å². The van der Waals surface area contributed by atoms with Gasteiger partial charge in [0.1, 0.15) is 17.2 Å². The van der Waals surface area contributed by atoms with Crippen LogP contribution in [0.3, 0.4) is 0 Å². The van der Waals surface area contributed by atoms with Crippen molar-refractivity contribution in [3.8, 4) is 0 Å². The lowest BCUT2D eigenvalue weighted by Gasteiger charge is -2.09. The van der Waals surface area contributed by atoms with E-state index in [1.807, 2.05) is 12.3 Å². The third-order valence-corrected chi connectivity index (χ3v) is 3.83. The molecule has 0 amide bonds. The Hall–Kier alpha value is -2.07. The Labute approximate surface area is 122 Å². The molecule has 20 heavy (non-hydrogen) atoms. The molecule has 3 nitrogen and oxygen atoms in total. The highest BCUT2D eigenvalue weighted by atomic mass is 32.2. The highest BCUT2D eigenvalue weighted by Gasteiger charge is 2.01. The number of hydrogen-bond donors (Lipinski definition) is 1. The van der Waals surface area contributed by atoms with E-state index in [9.17, 15) is 0 Å². The van der Waals surface area contributed by atoms with Crippen LogP contribution in [0.5, 0.6) is 0 Å². The number of thioether (sulfide) groups is 1. The smallest absolute Gasteiger partial charge is 0.130 e. The van der Waals surface area contributed by atoms with Gasteiger partial charge in [-0.15, -0.1) is 11.8 Å². The summed E-state index contributed by atoms with van der Waals surface area (Å²) in [4.78, 5) is 8.42. The second kappa shape index (κ2) is 5.92. The Morgan fingerprint density at radius 3 is 2.80 bits per heavy atom. The van der Waals surface area contributed by atoms with E-state index in [2.05, 4.69) is 57.7 Å². The monoisotopic (exact) mass is 281 g/mol. The first-order valence-electron chi connectivity index (χ1n) is 6.43. The zero-order chi connectivity index (χ0) is 13.8. The van der Waals surface area contributed by atoms with Gasteiger partial charge in [-0.05, 0) is 22.6 Å². The third kappa shape index (κ3) is 2.75.